The lowest BCUT2D eigenvalue weighted by Gasteiger charge is -2.32. The first-order valence-corrected chi connectivity index (χ1v) is 11.8. The third-order valence-corrected chi connectivity index (χ3v) is 8.22. The normalized spacial score (nSPS) is 18.4. The number of thiophene rings is 1. The summed E-state index contributed by atoms with van der Waals surface area (Å²) in [5, 5.41) is 2.92. The number of piperidine rings is 1. The smallest absolute Gasteiger partial charge is 0.261 e. The molecule has 1 aromatic carbocycles. The molecule has 1 amide bonds. The van der Waals surface area contributed by atoms with Gasteiger partial charge in [-0.1, -0.05) is 27.5 Å². The van der Waals surface area contributed by atoms with Crippen LogP contribution in [0.2, 0.25) is 4.34 Å². The molecule has 10 heteroatoms. The highest BCUT2D eigenvalue weighted by Crippen LogP contribution is 2.28. The molecular weight excluding hydrogens is 474 g/mol. The van der Waals surface area contributed by atoms with E-state index >= 15 is 0 Å². The first-order valence-electron chi connectivity index (χ1n) is 8.36. The van der Waals surface area contributed by atoms with E-state index in [-0.39, 0.29) is 29.9 Å². The molecule has 1 saturated heterocycles. The summed E-state index contributed by atoms with van der Waals surface area (Å²) < 4.78 is 28.5. The fraction of sp³-hybridized carbons (Fsp3) is 0.353. The van der Waals surface area contributed by atoms with E-state index in [4.69, 9.17) is 17.3 Å². The van der Waals surface area contributed by atoms with Gasteiger partial charge in [0.15, 0.2) is 0 Å². The van der Waals surface area contributed by atoms with Crippen LogP contribution >= 0.6 is 38.9 Å². The highest BCUT2D eigenvalue weighted by atomic mass is 79.9. The Morgan fingerprint density at radius 1 is 1.37 bits per heavy atom. The SMILES string of the molecule is NCc1cc(C(=O)NC2CCCN(S(=O)(=O)c3ccc(Br)cc3)C2)sc1Cl. The van der Waals surface area contributed by atoms with Crippen molar-refractivity contribution in [1.29, 1.82) is 0 Å². The molecule has 2 aromatic rings. The number of nitrogens with two attached hydrogens (primary N) is 1. The molecule has 1 aliphatic rings. The van der Waals surface area contributed by atoms with Gasteiger partial charge in [0, 0.05) is 30.1 Å². The summed E-state index contributed by atoms with van der Waals surface area (Å²) in [6.07, 6.45) is 1.40. The average Bonchev–Trinajstić information content (AvgIpc) is 3.03. The summed E-state index contributed by atoms with van der Waals surface area (Å²) in [5.74, 6) is -0.255. The van der Waals surface area contributed by atoms with Crippen LogP contribution < -0.4 is 11.1 Å². The lowest BCUT2D eigenvalue weighted by atomic mass is 10.1. The molecule has 1 aliphatic heterocycles. The predicted molar refractivity (Wildman–Crippen MR) is 111 cm³/mol. The monoisotopic (exact) mass is 491 g/mol. The lowest BCUT2D eigenvalue weighted by Crippen LogP contribution is -2.49. The minimum Gasteiger partial charge on any atom is -0.347 e. The summed E-state index contributed by atoms with van der Waals surface area (Å²) in [6.45, 7) is 0.950. The van der Waals surface area contributed by atoms with Crippen LogP contribution in [0.5, 0.6) is 0 Å². The van der Waals surface area contributed by atoms with Crippen molar-refractivity contribution < 1.29 is 13.2 Å². The second-order valence-electron chi connectivity index (χ2n) is 6.24. The molecule has 6 nitrogen and oxygen atoms in total. The van der Waals surface area contributed by atoms with Gasteiger partial charge in [-0.3, -0.25) is 4.79 Å². The standard InChI is InChI=1S/C17H19BrClN3O3S2/c18-12-3-5-14(6-4-12)27(24,25)22-7-1-2-13(10-22)21-17(23)15-8-11(9-20)16(19)26-15/h3-6,8,13H,1-2,7,9-10,20H2,(H,21,23). The molecule has 0 bridgehead atoms. The van der Waals surface area contributed by atoms with Gasteiger partial charge in [-0.25, -0.2) is 8.42 Å². The molecule has 1 fully saturated rings. The molecular formula is C17H19BrClN3O3S2. The van der Waals surface area contributed by atoms with Crippen LogP contribution in [0.25, 0.3) is 0 Å². The molecule has 1 atom stereocenters. The third-order valence-electron chi connectivity index (χ3n) is 4.37. The Hall–Kier alpha value is -0.970. The van der Waals surface area contributed by atoms with Crippen LogP contribution in [0.15, 0.2) is 39.7 Å². The Kier molecular flexibility index (Phi) is 6.60. The number of benzene rings is 1. The van der Waals surface area contributed by atoms with Crippen LogP contribution in [-0.4, -0.2) is 37.8 Å². The number of halogens is 2. The number of hydrogen-bond donors (Lipinski definition) is 2. The minimum absolute atomic E-state index is 0.243. The van der Waals surface area contributed by atoms with Crippen molar-refractivity contribution in [2.45, 2.75) is 30.3 Å². The zero-order chi connectivity index (χ0) is 19.6. The Balaban J connectivity index is 1.70. The quantitative estimate of drug-likeness (QED) is 0.670. The average molecular weight is 493 g/mol. The summed E-state index contributed by atoms with van der Waals surface area (Å²) >= 11 is 10.5. The van der Waals surface area contributed by atoms with Gasteiger partial charge < -0.3 is 11.1 Å². The van der Waals surface area contributed by atoms with Crippen LogP contribution in [0.3, 0.4) is 0 Å². The lowest BCUT2D eigenvalue weighted by molar-refractivity contribution is 0.0925. The van der Waals surface area contributed by atoms with Gasteiger partial charge in [0.1, 0.15) is 0 Å². The maximum Gasteiger partial charge on any atom is 0.261 e. The number of carbonyl (C=O) groups is 1. The Morgan fingerprint density at radius 3 is 2.70 bits per heavy atom. The van der Waals surface area contributed by atoms with Crippen molar-refractivity contribution in [1.82, 2.24) is 9.62 Å². The van der Waals surface area contributed by atoms with E-state index in [1.165, 1.54) is 15.6 Å². The Bertz CT molecular complexity index is 931. The highest BCUT2D eigenvalue weighted by molar-refractivity contribution is 9.10. The van der Waals surface area contributed by atoms with Crippen molar-refractivity contribution >= 4 is 54.8 Å². The highest BCUT2D eigenvalue weighted by Gasteiger charge is 2.31. The fourth-order valence-corrected chi connectivity index (χ4v) is 5.94. The molecule has 27 heavy (non-hydrogen) atoms. The van der Waals surface area contributed by atoms with E-state index in [0.29, 0.717) is 22.2 Å². The molecule has 2 heterocycles. The van der Waals surface area contributed by atoms with Crippen molar-refractivity contribution in [2.75, 3.05) is 13.1 Å². The molecule has 146 valence electrons. The first-order chi connectivity index (χ1) is 12.8. The van der Waals surface area contributed by atoms with Crippen molar-refractivity contribution in [3.8, 4) is 0 Å². The first kappa shape index (κ1) is 20.8. The van der Waals surface area contributed by atoms with Crippen LogP contribution in [0.1, 0.15) is 28.1 Å². The minimum atomic E-state index is -3.59. The number of carbonyl (C=O) groups excluding carboxylic acids is 1. The maximum atomic E-state index is 12.9. The molecule has 0 aliphatic carbocycles. The van der Waals surface area contributed by atoms with Crippen molar-refractivity contribution in [2.24, 2.45) is 5.73 Å². The molecule has 3 rings (SSSR count). The van der Waals surface area contributed by atoms with Gasteiger partial charge in [-0.2, -0.15) is 4.31 Å². The van der Waals surface area contributed by atoms with Crippen LogP contribution in [0, 0.1) is 0 Å². The van der Waals surface area contributed by atoms with E-state index in [1.54, 1.807) is 30.3 Å². The van der Waals surface area contributed by atoms with E-state index < -0.39 is 10.0 Å². The Morgan fingerprint density at radius 2 is 2.07 bits per heavy atom. The summed E-state index contributed by atoms with van der Waals surface area (Å²) in [6, 6.07) is 7.98. The summed E-state index contributed by atoms with van der Waals surface area (Å²) in [5.41, 5.74) is 6.32. The second-order valence-corrected chi connectivity index (χ2v) is 10.8. The van der Waals surface area contributed by atoms with Gasteiger partial charge in [-0.05, 0) is 48.7 Å². The van der Waals surface area contributed by atoms with Gasteiger partial charge in [0.2, 0.25) is 10.0 Å². The second kappa shape index (κ2) is 8.59. The Labute approximate surface area is 175 Å². The van der Waals surface area contributed by atoms with Crippen LogP contribution in [-0.2, 0) is 16.6 Å². The van der Waals surface area contributed by atoms with Crippen LogP contribution in [0.4, 0.5) is 0 Å². The molecule has 1 unspecified atom stereocenters. The molecule has 0 saturated carbocycles. The van der Waals surface area contributed by atoms with Gasteiger partial charge in [0.25, 0.3) is 5.91 Å². The number of rotatable bonds is 5. The predicted octanol–water partition coefficient (Wildman–Crippen LogP) is 3.21. The van der Waals surface area contributed by atoms with Crippen molar-refractivity contribution in [3.63, 3.8) is 0 Å². The fourth-order valence-electron chi connectivity index (χ4n) is 2.95. The van der Waals surface area contributed by atoms with E-state index in [9.17, 15) is 13.2 Å². The molecule has 1 aromatic heterocycles. The molecule has 0 radical (unpaired) electrons. The number of nitrogens with zero attached hydrogens (tertiary/aromatic N) is 1. The molecule has 0 spiro atoms. The summed E-state index contributed by atoms with van der Waals surface area (Å²) in [4.78, 5) is 13.2. The molecule has 3 N–H and O–H groups in total. The van der Waals surface area contributed by atoms with E-state index in [2.05, 4.69) is 21.2 Å². The van der Waals surface area contributed by atoms with Gasteiger partial charge >= 0.3 is 0 Å². The zero-order valence-corrected chi connectivity index (χ0v) is 18.3. The number of sulfonamides is 1. The van der Waals surface area contributed by atoms with Gasteiger partial charge in [-0.15, -0.1) is 11.3 Å². The van der Waals surface area contributed by atoms with Gasteiger partial charge in [0.05, 0.1) is 14.1 Å². The maximum absolute atomic E-state index is 12.9. The number of amides is 1. The largest absolute Gasteiger partial charge is 0.347 e. The topological polar surface area (TPSA) is 92.5 Å². The zero-order valence-electron chi connectivity index (χ0n) is 14.3. The van der Waals surface area contributed by atoms with E-state index in [1.807, 2.05) is 0 Å². The number of hydrogen-bond acceptors (Lipinski definition) is 5. The van der Waals surface area contributed by atoms with E-state index in [0.717, 1.165) is 16.5 Å². The van der Waals surface area contributed by atoms with Crippen molar-refractivity contribution in [3.05, 3.63) is 49.6 Å². The third kappa shape index (κ3) is 4.72. The number of nitrogens with one attached hydrogen (secondary N) is 1. The summed E-state index contributed by atoms with van der Waals surface area (Å²) in [7, 11) is -3.59.